The second kappa shape index (κ2) is 8.10. The number of sulfonamides is 1. The first-order valence-electron chi connectivity index (χ1n) is 8.90. The molecule has 0 aliphatic carbocycles. The van der Waals surface area contributed by atoms with Gasteiger partial charge in [-0.25, -0.2) is 8.42 Å². The molecule has 1 saturated heterocycles. The summed E-state index contributed by atoms with van der Waals surface area (Å²) < 4.78 is 32.5. The molecule has 2 aromatic rings. The molecule has 1 aliphatic rings. The Labute approximate surface area is 160 Å². The van der Waals surface area contributed by atoms with Crippen LogP contribution in [0.1, 0.15) is 11.1 Å². The third kappa shape index (κ3) is 4.67. The molecule has 27 heavy (non-hydrogen) atoms. The molecule has 0 saturated carbocycles. The highest BCUT2D eigenvalue weighted by atomic mass is 32.2. The lowest BCUT2D eigenvalue weighted by atomic mass is 10.2. The SMILES string of the molecule is Cc1cccc(OCC(=O)N2CCN(S(=O)(=O)c3cccc(C)c3)CC2)c1. The van der Waals surface area contributed by atoms with E-state index in [9.17, 15) is 13.2 Å². The fourth-order valence-electron chi connectivity index (χ4n) is 3.04. The smallest absolute Gasteiger partial charge is 0.260 e. The molecular formula is C20H24N2O4S. The molecule has 0 N–H and O–H groups in total. The van der Waals surface area contributed by atoms with Crippen molar-refractivity contribution in [2.24, 2.45) is 0 Å². The second-order valence-electron chi connectivity index (χ2n) is 6.71. The van der Waals surface area contributed by atoms with Gasteiger partial charge in [-0.15, -0.1) is 0 Å². The van der Waals surface area contributed by atoms with Gasteiger partial charge in [-0.05, 0) is 49.2 Å². The van der Waals surface area contributed by atoms with Crippen LogP contribution in [0.4, 0.5) is 0 Å². The number of carbonyl (C=O) groups excluding carboxylic acids is 1. The first-order valence-corrected chi connectivity index (χ1v) is 10.3. The first-order chi connectivity index (χ1) is 12.9. The van der Waals surface area contributed by atoms with E-state index in [1.165, 1.54) is 4.31 Å². The summed E-state index contributed by atoms with van der Waals surface area (Å²) in [4.78, 5) is 14.3. The number of hydrogen-bond acceptors (Lipinski definition) is 4. The van der Waals surface area contributed by atoms with Gasteiger partial charge >= 0.3 is 0 Å². The topological polar surface area (TPSA) is 66.9 Å². The maximum Gasteiger partial charge on any atom is 0.260 e. The lowest BCUT2D eigenvalue weighted by molar-refractivity contribution is -0.134. The van der Waals surface area contributed by atoms with Crippen LogP contribution < -0.4 is 4.74 Å². The molecule has 1 heterocycles. The summed E-state index contributed by atoms with van der Waals surface area (Å²) >= 11 is 0. The Morgan fingerprint density at radius 2 is 1.59 bits per heavy atom. The van der Waals surface area contributed by atoms with Crippen molar-refractivity contribution in [1.82, 2.24) is 9.21 Å². The molecule has 144 valence electrons. The largest absolute Gasteiger partial charge is 0.484 e. The van der Waals surface area contributed by atoms with Crippen LogP contribution in [0.2, 0.25) is 0 Å². The van der Waals surface area contributed by atoms with Crippen LogP contribution in [0, 0.1) is 13.8 Å². The van der Waals surface area contributed by atoms with E-state index in [4.69, 9.17) is 4.74 Å². The molecule has 0 aromatic heterocycles. The van der Waals surface area contributed by atoms with Gasteiger partial charge in [-0.2, -0.15) is 4.31 Å². The quantitative estimate of drug-likeness (QED) is 0.788. The van der Waals surface area contributed by atoms with E-state index in [2.05, 4.69) is 0 Å². The molecule has 7 heteroatoms. The predicted octanol–water partition coefficient (Wildman–Crippen LogP) is 2.22. The third-order valence-corrected chi connectivity index (χ3v) is 6.47. The number of piperazine rings is 1. The highest BCUT2D eigenvalue weighted by molar-refractivity contribution is 7.89. The first kappa shape index (κ1) is 19.4. The van der Waals surface area contributed by atoms with Crippen molar-refractivity contribution >= 4 is 15.9 Å². The van der Waals surface area contributed by atoms with E-state index in [-0.39, 0.29) is 25.6 Å². The van der Waals surface area contributed by atoms with E-state index in [0.29, 0.717) is 23.7 Å². The molecule has 6 nitrogen and oxygen atoms in total. The number of rotatable bonds is 5. The summed E-state index contributed by atoms with van der Waals surface area (Å²) in [5.41, 5.74) is 1.97. The van der Waals surface area contributed by atoms with Gasteiger partial charge in [0.15, 0.2) is 6.61 Å². The van der Waals surface area contributed by atoms with Crippen LogP contribution in [0.15, 0.2) is 53.4 Å². The fourth-order valence-corrected chi connectivity index (χ4v) is 4.57. The number of hydrogen-bond donors (Lipinski definition) is 0. The predicted molar refractivity (Wildman–Crippen MR) is 103 cm³/mol. The summed E-state index contributed by atoms with van der Waals surface area (Å²) in [5.74, 6) is 0.521. The summed E-state index contributed by atoms with van der Waals surface area (Å²) in [5, 5.41) is 0. The van der Waals surface area contributed by atoms with Crippen molar-refractivity contribution in [3.8, 4) is 5.75 Å². The van der Waals surface area contributed by atoms with Gasteiger partial charge in [-0.3, -0.25) is 4.79 Å². The minimum Gasteiger partial charge on any atom is -0.484 e. The molecule has 2 aromatic carbocycles. The monoisotopic (exact) mass is 388 g/mol. The van der Waals surface area contributed by atoms with Crippen molar-refractivity contribution in [1.29, 1.82) is 0 Å². The fraction of sp³-hybridized carbons (Fsp3) is 0.350. The Morgan fingerprint density at radius 3 is 2.22 bits per heavy atom. The Bertz CT molecular complexity index is 919. The summed E-state index contributed by atoms with van der Waals surface area (Å²) in [6.07, 6.45) is 0. The van der Waals surface area contributed by atoms with Crippen LogP contribution in [0.5, 0.6) is 5.75 Å². The molecular weight excluding hydrogens is 364 g/mol. The normalized spacial score (nSPS) is 15.6. The van der Waals surface area contributed by atoms with E-state index >= 15 is 0 Å². The zero-order valence-corrected chi connectivity index (χ0v) is 16.4. The van der Waals surface area contributed by atoms with Crippen molar-refractivity contribution in [2.45, 2.75) is 18.7 Å². The zero-order valence-electron chi connectivity index (χ0n) is 15.6. The number of nitrogens with zero attached hydrogens (tertiary/aromatic N) is 2. The van der Waals surface area contributed by atoms with Gasteiger partial charge in [0.2, 0.25) is 10.0 Å². The molecule has 1 fully saturated rings. The number of benzene rings is 2. The molecule has 1 aliphatic heterocycles. The molecule has 0 spiro atoms. The van der Waals surface area contributed by atoms with Crippen LogP contribution >= 0.6 is 0 Å². The Hall–Kier alpha value is -2.38. The van der Waals surface area contributed by atoms with Crippen LogP contribution in [0.3, 0.4) is 0 Å². The van der Waals surface area contributed by atoms with Gasteiger partial charge in [-0.1, -0.05) is 24.3 Å². The van der Waals surface area contributed by atoms with Crippen LogP contribution in [-0.2, 0) is 14.8 Å². The number of carbonyl (C=O) groups is 1. The maximum atomic E-state index is 12.8. The molecule has 0 unspecified atom stereocenters. The van der Waals surface area contributed by atoms with Gasteiger partial charge < -0.3 is 9.64 Å². The lowest BCUT2D eigenvalue weighted by Crippen LogP contribution is -2.51. The minimum atomic E-state index is -3.53. The van der Waals surface area contributed by atoms with E-state index in [1.54, 1.807) is 23.1 Å². The van der Waals surface area contributed by atoms with E-state index in [0.717, 1.165) is 11.1 Å². The Kier molecular flexibility index (Phi) is 5.82. The average Bonchev–Trinajstić information content (AvgIpc) is 2.66. The van der Waals surface area contributed by atoms with E-state index < -0.39 is 10.0 Å². The molecule has 0 bridgehead atoms. The molecule has 0 atom stereocenters. The van der Waals surface area contributed by atoms with Crippen LogP contribution in [-0.4, -0.2) is 56.3 Å². The molecule has 0 radical (unpaired) electrons. The highest BCUT2D eigenvalue weighted by Gasteiger charge is 2.30. The van der Waals surface area contributed by atoms with Crippen LogP contribution in [0.25, 0.3) is 0 Å². The van der Waals surface area contributed by atoms with Gasteiger partial charge in [0.25, 0.3) is 5.91 Å². The van der Waals surface area contributed by atoms with Crippen molar-refractivity contribution in [2.75, 3.05) is 32.8 Å². The minimum absolute atomic E-state index is 0.0475. The second-order valence-corrected chi connectivity index (χ2v) is 8.64. The average molecular weight is 388 g/mol. The van der Waals surface area contributed by atoms with Gasteiger partial charge in [0, 0.05) is 26.2 Å². The summed E-state index contributed by atoms with van der Waals surface area (Å²) in [6, 6.07) is 14.4. The lowest BCUT2D eigenvalue weighted by Gasteiger charge is -2.34. The molecule has 3 rings (SSSR count). The summed E-state index contributed by atoms with van der Waals surface area (Å²) in [7, 11) is -3.53. The number of ether oxygens (including phenoxy) is 1. The molecule has 1 amide bonds. The van der Waals surface area contributed by atoms with Gasteiger partial charge in [0.1, 0.15) is 5.75 Å². The standard InChI is InChI=1S/C20H24N2O4S/c1-16-5-3-7-18(13-16)26-15-20(23)21-9-11-22(12-10-21)27(24,25)19-8-4-6-17(2)14-19/h3-8,13-14H,9-12,15H2,1-2H3. The number of aryl methyl sites for hydroxylation is 2. The number of amides is 1. The third-order valence-electron chi connectivity index (χ3n) is 4.57. The zero-order chi connectivity index (χ0) is 19.4. The van der Waals surface area contributed by atoms with E-state index in [1.807, 2.05) is 44.2 Å². The van der Waals surface area contributed by atoms with Crippen molar-refractivity contribution in [3.63, 3.8) is 0 Å². The maximum absolute atomic E-state index is 12.8. The highest BCUT2D eigenvalue weighted by Crippen LogP contribution is 2.19. The summed E-state index contributed by atoms with van der Waals surface area (Å²) in [6.45, 7) is 5.07. The van der Waals surface area contributed by atoms with Gasteiger partial charge in [0.05, 0.1) is 4.90 Å². The van der Waals surface area contributed by atoms with Crippen molar-refractivity contribution < 1.29 is 17.9 Å². The Morgan fingerprint density at radius 1 is 0.963 bits per heavy atom. The Balaban J connectivity index is 1.56. The van der Waals surface area contributed by atoms with Crippen molar-refractivity contribution in [3.05, 3.63) is 59.7 Å².